The fourth-order valence-electron chi connectivity index (χ4n) is 3.77. The van der Waals surface area contributed by atoms with Crippen LogP contribution in [0.2, 0.25) is 0 Å². The van der Waals surface area contributed by atoms with E-state index in [2.05, 4.69) is 0 Å². The van der Waals surface area contributed by atoms with Crippen LogP contribution in [0.4, 0.5) is 0 Å². The zero-order valence-corrected chi connectivity index (χ0v) is 19.1. The molecule has 3 rings (SSSR count). The van der Waals surface area contributed by atoms with Crippen LogP contribution in [0.3, 0.4) is 0 Å². The standard InChI is InChI=1S/C27H33N3O2/c1-3-18-29(26(31)17-16-23-11-6-4-7-12-23)22-27(32)30(20-24-13-8-5-9-14-24)21-25-15-10-19-28(25)2/h4-15,19H,3,16-18,20-22H2,1-2H3. The first kappa shape index (κ1) is 23.3. The predicted molar refractivity (Wildman–Crippen MR) is 128 cm³/mol. The van der Waals surface area contributed by atoms with Crippen molar-refractivity contribution in [3.63, 3.8) is 0 Å². The molecule has 0 fully saturated rings. The van der Waals surface area contributed by atoms with Gasteiger partial charge in [-0.3, -0.25) is 9.59 Å². The Balaban J connectivity index is 1.69. The molecule has 0 bridgehead atoms. The molecule has 0 aliphatic heterocycles. The summed E-state index contributed by atoms with van der Waals surface area (Å²) in [6.07, 6.45) is 3.90. The number of nitrogens with zero attached hydrogens (tertiary/aromatic N) is 3. The molecule has 168 valence electrons. The Morgan fingerprint density at radius 3 is 2.03 bits per heavy atom. The highest BCUT2D eigenvalue weighted by atomic mass is 16.2. The summed E-state index contributed by atoms with van der Waals surface area (Å²) < 4.78 is 2.03. The zero-order chi connectivity index (χ0) is 22.8. The van der Waals surface area contributed by atoms with Crippen LogP contribution in [0.1, 0.15) is 36.6 Å². The number of benzene rings is 2. The predicted octanol–water partition coefficient (Wildman–Crippen LogP) is 4.43. The molecule has 5 nitrogen and oxygen atoms in total. The van der Waals surface area contributed by atoms with Crippen LogP contribution in [0.15, 0.2) is 79.0 Å². The lowest BCUT2D eigenvalue weighted by molar-refractivity contribution is -0.141. The Kier molecular flexibility index (Phi) is 8.67. The van der Waals surface area contributed by atoms with Crippen molar-refractivity contribution in [3.8, 4) is 0 Å². The van der Waals surface area contributed by atoms with Gasteiger partial charge in [-0.1, -0.05) is 67.6 Å². The molecular weight excluding hydrogens is 398 g/mol. The zero-order valence-electron chi connectivity index (χ0n) is 19.1. The molecule has 0 spiro atoms. The van der Waals surface area contributed by atoms with E-state index in [1.807, 2.05) is 102 Å². The summed E-state index contributed by atoms with van der Waals surface area (Å²) >= 11 is 0. The fraction of sp³-hybridized carbons (Fsp3) is 0.333. The van der Waals surface area contributed by atoms with Gasteiger partial charge in [0.05, 0.1) is 13.1 Å². The van der Waals surface area contributed by atoms with E-state index < -0.39 is 0 Å². The van der Waals surface area contributed by atoms with E-state index >= 15 is 0 Å². The molecule has 1 heterocycles. The number of aromatic nitrogens is 1. The van der Waals surface area contributed by atoms with Crippen molar-refractivity contribution in [2.45, 2.75) is 39.3 Å². The van der Waals surface area contributed by atoms with Crippen molar-refractivity contribution in [1.29, 1.82) is 0 Å². The molecule has 3 aromatic rings. The Morgan fingerprint density at radius 2 is 1.44 bits per heavy atom. The molecular formula is C27H33N3O2. The molecule has 0 saturated carbocycles. The summed E-state index contributed by atoms with van der Waals surface area (Å²) in [5.41, 5.74) is 3.28. The highest BCUT2D eigenvalue weighted by Gasteiger charge is 2.22. The minimum atomic E-state index is -0.0310. The molecule has 2 amide bonds. The summed E-state index contributed by atoms with van der Waals surface area (Å²) in [7, 11) is 1.98. The third-order valence-electron chi connectivity index (χ3n) is 5.62. The number of hydrogen-bond acceptors (Lipinski definition) is 2. The second-order valence-electron chi connectivity index (χ2n) is 8.15. The molecule has 2 aromatic carbocycles. The lowest BCUT2D eigenvalue weighted by Crippen LogP contribution is -2.43. The third-order valence-corrected chi connectivity index (χ3v) is 5.62. The second-order valence-corrected chi connectivity index (χ2v) is 8.15. The Bertz CT molecular complexity index is 982. The molecule has 0 aliphatic carbocycles. The maximum Gasteiger partial charge on any atom is 0.242 e. The monoisotopic (exact) mass is 431 g/mol. The maximum atomic E-state index is 13.4. The van der Waals surface area contributed by atoms with E-state index in [0.717, 1.165) is 23.2 Å². The minimum absolute atomic E-state index is 0.0302. The normalized spacial score (nSPS) is 10.7. The first-order valence-electron chi connectivity index (χ1n) is 11.3. The number of carbonyl (C=O) groups excluding carboxylic acids is 2. The van der Waals surface area contributed by atoms with Gasteiger partial charge in [-0.25, -0.2) is 0 Å². The van der Waals surface area contributed by atoms with Gasteiger partial charge in [0.2, 0.25) is 11.8 Å². The topological polar surface area (TPSA) is 45.6 Å². The number of hydrogen-bond donors (Lipinski definition) is 0. The Morgan fingerprint density at radius 1 is 0.781 bits per heavy atom. The van der Waals surface area contributed by atoms with Gasteiger partial charge in [-0.15, -0.1) is 0 Å². The molecule has 0 N–H and O–H groups in total. The minimum Gasteiger partial charge on any atom is -0.353 e. The van der Waals surface area contributed by atoms with Crippen molar-refractivity contribution < 1.29 is 9.59 Å². The van der Waals surface area contributed by atoms with Crippen LogP contribution in [-0.4, -0.2) is 39.3 Å². The molecule has 0 unspecified atom stereocenters. The fourth-order valence-corrected chi connectivity index (χ4v) is 3.77. The van der Waals surface area contributed by atoms with E-state index in [1.165, 1.54) is 0 Å². The van der Waals surface area contributed by atoms with Crippen molar-refractivity contribution in [1.82, 2.24) is 14.4 Å². The largest absolute Gasteiger partial charge is 0.353 e. The molecule has 32 heavy (non-hydrogen) atoms. The summed E-state index contributed by atoms with van der Waals surface area (Å²) in [6.45, 7) is 3.76. The van der Waals surface area contributed by atoms with Crippen molar-refractivity contribution in [2.75, 3.05) is 13.1 Å². The van der Waals surface area contributed by atoms with Crippen LogP contribution in [0, 0.1) is 0 Å². The van der Waals surface area contributed by atoms with E-state index in [4.69, 9.17) is 0 Å². The number of carbonyl (C=O) groups is 2. The van der Waals surface area contributed by atoms with Crippen molar-refractivity contribution >= 4 is 11.8 Å². The number of rotatable bonds is 11. The van der Waals surface area contributed by atoms with Crippen LogP contribution in [0.25, 0.3) is 0 Å². The van der Waals surface area contributed by atoms with Crippen LogP contribution >= 0.6 is 0 Å². The average molecular weight is 432 g/mol. The van der Waals surface area contributed by atoms with Gasteiger partial charge in [0.15, 0.2) is 0 Å². The smallest absolute Gasteiger partial charge is 0.242 e. The van der Waals surface area contributed by atoms with E-state index in [9.17, 15) is 9.59 Å². The third kappa shape index (κ3) is 6.84. The van der Waals surface area contributed by atoms with Crippen LogP contribution < -0.4 is 0 Å². The Hall–Kier alpha value is -3.34. The van der Waals surface area contributed by atoms with Crippen LogP contribution in [-0.2, 0) is 36.1 Å². The lowest BCUT2D eigenvalue weighted by atomic mass is 10.1. The Labute approximate surface area is 191 Å². The average Bonchev–Trinajstić information content (AvgIpc) is 3.22. The molecule has 0 aliphatic rings. The van der Waals surface area contributed by atoms with Gasteiger partial charge in [0.1, 0.15) is 0 Å². The highest BCUT2D eigenvalue weighted by molar-refractivity contribution is 5.85. The van der Waals surface area contributed by atoms with Gasteiger partial charge in [0, 0.05) is 38.4 Å². The van der Waals surface area contributed by atoms with Crippen molar-refractivity contribution in [3.05, 3.63) is 95.8 Å². The summed E-state index contributed by atoms with van der Waals surface area (Å²) in [6, 6.07) is 24.0. The second kappa shape index (κ2) is 11.9. The molecule has 0 atom stereocenters. The molecule has 0 radical (unpaired) electrons. The van der Waals surface area contributed by atoms with Gasteiger partial charge in [-0.2, -0.15) is 0 Å². The SMILES string of the molecule is CCCN(CC(=O)N(Cc1ccccc1)Cc1cccn1C)C(=O)CCc1ccccc1. The van der Waals surface area contributed by atoms with E-state index in [1.54, 1.807) is 4.90 Å². The van der Waals surface area contributed by atoms with Gasteiger partial charge >= 0.3 is 0 Å². The molecule has 5 heteroatoms. The quantitative estimate of drug-likeness (QED) is 0.451. The first-order chi connectivity index (χ1) is 15.6. The first-order valence-corrected chi connectivity index (χ1v) is 11.3. The van der Waals surface area contributed by atoms with Gasteiger partial charge in [0.25, 0.3) is 0 Å². The van der Waals surface area contributed by atoms with Crippen molar-refractivity contribution in [2.24, 2.45) is 7.05 Å². The highest BCUT2D eigenvalue weighted by Crippen LogP contribution is 2.13. The van der Waals surface area contributed by atoms with Crippen LogP contribution in [0.5, 0.6) is 0 Å². The summed E-state index contributed by atoms with van der Waals surface area (Å²) in [5, 5.41) is 0. The maximum absolute atomic E-state index is 13.4. The van der Waals surface area contributed by atoms with E-state index in [-0.39, 0.29) is 18.4 Å². The molecule has 1 aromatic heterocycles. The number of amides is 2. The van der Waals surface area contributed by atoms with Gasteiger partial charge < -0.3 is 14.4 Å². The molecule has 0 saturated heterocycles. The summed E-state index contributed by atoms with van der Waals surface area (Å²) in [4.78, 5) is 29.9. The van der Waals surface area contributed by atoms with E-state index in [0.29, 0.717) is 32.5 Å². The lowest BCUT2D eigenvalue weighted by Gasteiger charge is -2.28. The summed E-state index contributed by atoms with van der Waals surface area (Å²) in [5.74, 6) is -0.000792. The number of aryl methyl sites for hydroxylation is 2. The van der Waals surface area contributed by atoms with Gasteiger partial charge in [-0.05, 0) is 36.1 Å².